The zero-order valence-electron chi connectivity index (χ0n) is 11.0. The Bertz CT molecular complexity index is 619. The highest BCUT2D eigenvalue weighted by Crippen LogP contribution is 2.29. The molecule has 0 atom stereocenters. The monoisotopic (exact) mass is 323 g/mol. The van der Waals surface area contributed by atoms with Gasteiger partial charge in [0.1, 0.15) is 17.0 Å². The molecule has 0 fully saturated rings. The summed E-state index contributed by atoms with van der Waals surface area (Å²) < 4.78 is 11.1. The van der Waals surface area contributed by atoms with Crippen molar-refractivity contribution in [2.45, 2.75) is 20.8 Å². The number of carbonyl (C=O) groups excluding carboxylic acids is 1. The van der Waals surface area contributed by atoms with E-state index in [4.69, 9.17) is 9.26 Å². The molecule has 1 aromatic carbocycles. The predicted molar refractivity (Wildman–Crippen MR) is 75.1 cm³/mol. The normalized spacial score (nSPS) is 10.5. The van der Waals surface area contributed by atoms with Gasteiger partial charge < -0.3 is 9.26 Å². The molecular formula is C14H14BrNO3. The molecule has 0 aliphatic carbocycles. The van der Waals surface area contributed by atoms with Crippen LogP contribution < -0.4 is 0 Å². The zero-order chi connectivity index (χ0) is 14.0. The van der Waals surface area contributed by atoms with E-state index in [1.54, 1.807) is 13.8 Å². The summed E-state index contributed by atoms with van der Waals surface area (Å²) in [6, 6.07) is 5.77. The van der Waals surface area contributed by atoms with Gasteiger partial charge in [0.15, 0.2) is 0 Å². The summed E-state index contributed by atoms with van der Waals surface area (Å²) in [4.78, 5) is 11.9. The van der Waals surface area contributed by atoms with E-state index in [2.05, 4.69) is 21.1 Å². The molecule has 4 nitrogen and oxygen atoms in total. The van der Waals surface area contributed by atoms with Gasteiger partial charge in [0.05, 0.1) is 6.61 Å². The SMILES string of the molecule is CCOC(=O)c1c(-c2ccc(C)c(Br)c2)noc1C. The molecule has 0 saturated heterocycles. The topological polar surface area (TPSA) is 52.3 Å². The number of aromatic nitrogens is 1. The van der Waals surface area contributed by atoms with Crippen LogP contribution in [0.2, 0.25) is 0 Å². The molecule has 0 aliphatic rings. The number of benzene rings is 1. The number of esters is 1. The number of nitrogens with zero attached hydrogens (tertiary/aromatic N) is 1. The third kappa shape index (κ3) is 2.71. The minimum atomic E-state index is -0.409. The fourth-order valence-electron chi connectivity index (χ4n) is 1.75. The molecule has 0 N–H and O–H groups in total. The molecular weight excluding hydrogens is 310 g/mol. The first-order valence-electron chi connectivity index (χ1n) is 5.94. The van der Waals surface area contributed by atoms with Crippen LogP contribution in [0.15, 0.2) is 27.2 Å². The van der Waals surface area contributed by atoms with E-state index < -0.39 is 5.97 Å². The Balaban J connectivity index is 2.50. The fraction of sp³-hybridized carbons (Fsp3) is 0.286. The van der Waals surface area contributed by atoms with Crippen LogP contribution in [-0.4, -0.2) is 17.7 Å². The van der Waals surface area contributed by atoms with Crippen molar-refractivity contribution in [2.75, 3.05) is 6.61 Å². The van der Waals surface area contributed by atoms with Crippen molar-refractivity contribution in [1.82, 2.24) is 5.16 Å². The van der Waals surface area contributed by atoms with Crippen molar-refractivity contribution in [3.8, 4) is 11.3 Å². The lowest BCUT2D eigenvalue weighted by Crippen LogP contribution is -2.06. The number of hydrogen-bond donors (Lipinski definition) is 0. The molecule has 2 rings (SSSR count). The van der Waals surface area contributed by atoms with E-state index in [9.17, 15) is 4.79 Å². The Morgan fingerprint density at radius 3 is 2.79 bits per heavy atom. The van der Waals surface area contributed by atoms with Gasteiger partial charge in [-0.05, 0) is 32.4 Å². The molecule has 5 heteroatoms. The summed E-state index contributed by atoms with van der Waals surface area (Å²) in [5.74, 6) is 0.0538. The first-order chi connectivity index (χ1) is 9.04. The number of rotatable bonds is 3. The smallest absolute Gasteiger partial charge is 0.344 e. The number of halogens is 1. The minimum Gasteiger partial charge on any atom is -0.462 e. The second-order valence-electron chi connectivity index (χ2n) is 4.15. The molecule has 19 heavy (non-hydrogen) atoms. The highest BCUT2D eigenvalue weighted by molar-refractivity contribution is 9.10. The Labute approximate surface area is 119 Å². The maximum atomic E-state index is 11.9. The number of ether oxygens (including phenoxy) is 1. The van der Waals surface area contributed by atoms with Gasteiger partial charge in [-0.15, -0.1) is 0 Å². The van der Waals surface area contributed by atoms with Gasteiger partial charge in [-0.1, -0.05) is 33.2 Å². The molecule has 0 unspecified atom stereocenters. The van der Waals surface area contributed by atoms with E-state index in [1.165, 1.54) is 0 Å². The van der Waals surface area contributed by atoms with Crippen LogP contribution in [0.3, 0.4) is 0 Å². The average Bonchev–Trinajstić information content (AvgIpc) is 2.75. The molecule has 1 aromatic heterocycles. The summed E-state index contributed by atoms with van der Waals surface area (Å²) in [6.45, 7) is 5.78. The van der Waals surface area contributed by atoms with Crippen LogP contribution in [0, 0.1) is 13.8 Å². The van der Waals surface area contributed by atoms with Gasteiger partial charge in [0.2, 0.25) is 0 Å². The van der Waals surface area contributed by atoms with Crippen LogP contribution in [0.25, 0.3) is 11.3 Å². The van der Waals surface area contributed by atoms with Crippen molar-refractivity contribution < 1.29 is 14.1 Å². The van der Waals surface area contributed by atoms with Crippen LogP contribution in [0.5, 0.6) is 0 Å². The molecule has 2 aromatic rings. The Morgan fingerprint density at radius 2 is 2.16 bits per heavy atom. The largest absolute Gasteiger partial charge is 0.462 e. The van der Waals surface area contributed by atoms with Crippen molar-refractivity contribution in [2.24, 2.45) is 0 Å². The van der Waals surface area contributed by atoms with Crippen molar-refractivity contribution in [3.05, 3.63) is 39.6 Å². The van der Waals surface area contributed by atoms with Crippen molar-refractivity contribution in [1.29, 1.82) is 0 Å². The third-order valence-electron chi connectivity index (χ3n) is 2.79. The lowest BCUT2D eigenvalue weighted by atomic mass is 10.0. The van der Waals surface area contributed by atoms with Gasteiger partial charge in [0.25, 0.3) is 0 Å². The summed E-state index contributed by atoms with van der Waals surface area (Å²) in [5.41, 5.74) is 2.83. The van der Waals surface area contributed by atoms with Gasteiger partial charge >= 0.3 is 5.97 Å². The van der Waals surface area contributed by atoms with Gasteiger partial charge in [-0.3, -0.25) is 0 Å². The second-order valence-corrected chi connectivity index (χ2v) is 5.00. The van der Waals surface area contributed by atoms with Gasteiger partial charge in [-0.2, -0.15) is 0 Å². The summed E-state index contributed by atoms with van der Waals surface area (Å²) in [5, 5.41) is 3.96. The summed E-state index contributed by atoms with van der Waals surface area (Å²) in [7, 11) is 0. The van der Waals surface area contributed by atoms with Gasteiger partial charge in [0, 0.05) is 10.0 Å². The Morgan fingerprint density at radius 1 is 1.42 bits per heavy atom. The van der Waals surface area contributed by atoms with Crippen LogP contribution in [0.1, 0.15) is 28.6 Å². The standard InChI is InChI=1S/C14H14BrNO3/c1-4-18-14(17)12-9(3)19-16-13(12)10-6-5-8(2)11(15)7-10/h5-7H,4H2,1-3H3. The van der Waals surface area contributed by atoms with Gasteiger partial charge in [-0.25, -0.2) is 4.79 Å². The van der Waals surface area contributed by atoms with Crippen LogP contribution in [0.4, 0.5) is 0 Å². The lowest BCUT2D eigenvalue weighted by Gasteiger charge is -2.04. The predicted octanol–water partition coefficient (Wildman–Crippen LogP) is 3.90. The van der Waals surface area contributed by atoms with Crippen LogP contribution >= 0.6 is 15.9 Å². The van der Waals surface area contributed by atoms with E-state index in [-0.39, 0.29) is 0 Å². The maximum Gasteiger partial charge on any atom is 0.344 e. The molecule has 0 amide bonds. The quantitative estimate of drug-likeness (QED) is 0.804. The average molecular weight is 324 g/mol. The molecule has 100 valence electrons. The lowest BCUT2D eigenvalue weighted by molar-refractivity contribution is 0.0525. The molecule has 1 heterocycles. The third-order valence-corrected chi connectivity index (χ3v) is 3.64. The fourth-order valence-corrected chi connectivity index (χ4v) is 2.13. The number of aryl methyl sites for hydroxylation is 2. The minimum absolute atomic E-state index is 0.320. The maximum absolute atomic E-state index is 11.9. The second kappa shape index (κ2) is 5.57. The van der Waals surface area contributed by atoms with E-state index in [1.807, 2.05) is 25.1 Å². The summed E-state index contributed by atoms with van der Waals surface area (Å²) >= 11 is 3.47. The van der Waals surface area contributed by atoms with E-state index in [0.717, 1.165) is 15.6 Å². The highest BCUT2D eigenvalue weighted by atomic mass is 79.9. The Kier molecular flexibility index (Phi) is 4.04. The van der Waals surface area contributed by atoms with Crippen molar-refractivity contribution >= 4 is 21.9 Å². The number of carbonyl (C=O) groups is 1. The first kappa shape index (κ1) is 13.8. The molecule has 0 spiro atoms. The van der Waals surface area contributed by atoms with E-state index >= 15 is 0 Å². The molecule has 0 radical (unpaired) electrons. The number of hydrogen-bond acceptors (Lipinski definition) is 4. The molecule has 0 saturated carbocycles. The molecule has 0 bridgehead atoms. The van der Waals surface area contributed by atoms with Crippen LogP contribution in [-0.2, 0) is 4.74 Å². The summed E-state index contributed by atoms with van der Waals surface area (Å²) in [6.07, 6.45) is 0. The van der Waals surface area contributed by atoms with E-state index in [0.29, 0.717) is 23.6 Å². The molecule has 0 aliphatic heterocycles. The zero-order valence-corrected chi connectivity index (χ0v) is 12.6. The Hall–Kier alpha value is -1.62. The first-order valence-corrected chi connectivity index (χ1v) is 6.73. The highest BCUT2D eigenvalue weighted by Gasteiger charge is 2.22. The van der Waals surface area contributed by atoms with Crippen molar-refractivity contribution in [3.63, 3.8) is 0 Å².